The van der Waals surface area contributed by atoms with E-state index in [0.29, 0.717) is 6.04 Å². The molecule has 3 heteroatoms. The van der Waals surface area contributed by atoms with Crippen LogP contribution in [0.3, 0.4) is 0 Å². The molecule has 0 spiro atoms. The molecule has 3 atom stereocenters. The van der Waals surface area contributed by atoms with Crippen LogP contribution in [0.5, 0.6) is 0 Å². The largest absolute Gasteiger partial charge is 0.347 e. The van der Waals surface area contributed by atoms with E-state index in [0.717, 1.165) is 11.7 Å². The van der Waals surface area contributed by atoms with Crippen LogP contribution in [0.1, 0.15) is 61.9 Å². The summed E-state index contributed by atoms with van der Waals surface area (Å²) in [5.41, 5.74) is 9.20. The minimum absolute atomic E-state index is 0.284. The van der Waals surface area contributed by atoms with Crippen LogP contribution in [0.25, 0.3) is 0 Å². The molecule has 0 saturated heterocycles. The van der Waals surface area contributed by atoms with Gasteiger partial charge in [0, 0.05) is 29.2 Å². The van der Waals surface area contributed by atoms with Gasteiger partial charge in [0.1, 0.15) is 0 Å². The molecule has 0 aromatic carbocycles. The molecule has 1 saturated carbocycles. The van der Waals surface area contributed by atoms with Crippen LogP contribution in [-0.4, -0.2) is 16.1 Å². The minimum Gasteiger partial charge on any atom is -0.347 e. The molecule has 100 valence electrons. The molecule has 3 unspecified atom stereocenters. The Morgan fingerprint density at radius 3 is 2.89 bits per heavy atom. The zero-order valence-electron chi connectivity index (χ0n) is 11.3. The molecule has 1 fully saturated rings. The molecule has 2 aliphatic rings. The van der Waals surface area contributed by atoms with E-state index >= 15 is 0 Å². The zero-order valence-corrected chi connectivity index (χ0v) is 12.1. The number of hydrogen-bond donors (Lipinski definition) is 1. The summed E-state index contributed by atoms with van der Waals surface area (Å²) in [5, 5.41) is 0.799. The lowest BCUT2D eigenvalue weighted by Gasteiger charge is -2.34. The third kappa shape index (κ3) is 2.12. The Balaban J connectivity index is 1.91. The zero-order chi connectivity index (χ0) is 12.5. The Hall–Kier alpha value is -0.410. The van der Waals surface area contributed by atoms with Crippen molar-refractivity contribution in [3.8, 4) is 0 Å². The van der Waals surface area contributed by atoms with Crippen molar-refractivity contribution in [2.24, 2.45) is 5.73 Å². The monoisotopic (exact) mass is 264 g/mol. The average molecular weight is 264 g/mol. The molecule has 1 aromatic rings. The van der Waals surface area contributed by atoms with Crippen molar-refractivity contribution in [2.75, 3.05) is 6.26 Å². The Kier molecular flexibility index (Phi) is 3.71. The normalized spacial score (nSPS) is 32.2. The molecule has 0 radical (unpaired) electrons. The van der Waals surface area contributed by atoms with Crippen LogP contribution in [0, 0.1) is 0 Å². The van der Waals surface area contributed by atoms with E-state index in [4.69, 9.17) is 5.73 Å². The Morgan fingerprint density at radius 2 is 2.06 bits per heavy atom. The van der Waals surface area contributed by atoms with Crippen molar-refractivity contribution in [2.45, 2.75) is 62.3 Å². The molecular formula is C15H24N2S. The third-order valence-corrected chi connectivity index (χ3v) is 5.87. The van der Waals surface area contributed by atoms with E-state index in [2.05, 4.69) is 34.8 Å². The van der Waals surface area contributed by atoms with Crippen molar-refractivity contribution < 1.29 is 0 Å². The number of hydrogen-bond acceptors (Lipinski definition) is 2. The standard InChI is InChI=1S/C15H24N2S/c1-18-15-8-3-2-6-14(15)17-10-9-11-12(16)5-4-7-13(11)17/h9-10,12,14-15H,2-8,16H2,1H3. The van der Waals surface area contributed by atoms with E-state index in [1.54, 1.807) is 5.69 Å². The van der Waals surface area contributed by atoms with Gasteiger partial charge >= 0.3 is 0 Å². The molecule has 2 N–H and O–H groups in total. The Morgan fingerprint density at radius 1 is 1.22 bits per heavy atom. The first-order valence-corrected chi connectivity index (χ1v) is 8.58. The fourth-order valence-corrected chi connectivity index (χ4v) is 4.72. The highest BCUT2D eigenvalue weighted by Crippen LogP contribution is 2.39. The summed E-state index contributed by atoms with van der Waals surface area (Å²) in [6.45, 7) is 0. The first kappa shape index (κ1) is 12.6. The lowest BCUT2D eigenvalue weighted by Crippen LogP contribution is -2.27. The van der Waals surface area contributed by atoms with Crippen molar-refractivity contribution >= 4 is 11.8 Å². The molecule has 2 aliphatic carbocycles. The van der Waals surface area contributed by atoms with Crippen LogP contribution in [0.2, 0.25) is 0 Å². The van der Waals surface area contributed by atoms with E-state index in [1.165, 1.54) is 44.1 Å². The number of nitrogens with zero attached hydrogens (tertiary/aromatic N) is 1. The fraction of sp³-hybridized carbons (Fsp3) is 0.733. The van der Waals surface area contributed by atoms with Crippen molar-refractivity contribution in [1.82, 2.24) is 4.57 Å². The fourth-order valence-electron chi connectivity index (χ4n) is 3.73. The van der Waals surface area contributed by atoms with Gasteiger partial charge in [0.2, 0.25) is 0 Å². The predicted molar refractivity (Wildman–Crippen MR) is 79.1 cm³/mol. The number of thioether (sulfide) groups is 1. The van der Waals surface area contributed by atoms with E-state index < -0.39 is 0 Å². The summed E-state index contributed by atoms with van der Waals surface area (Å²) < 4.78 is 2.58. The van der Waals surface area contributed by atoms with Crippen LogP contribution < -0.4 is 5.73 Å². The minimum atomic E-state index is 0.284. The highest BCUT2D eigenvalue weighted by molar-refractivity contribution is 7.99. The predicted octanol–water partition coefficient (Wildman–Crippen LogP) is 3.67. The summed E-state index contributed by atoms with van der Waals surface area (Å²) in [4.78, 5) is 0. The van der Waals surface area contributed by atoms with E-state index in [-0.39, 0.29) is 6.04 Å². The first-order chi connectivity index (χ1) is 8.81. The van der Waals surface area contributed by atoms with Crippen LogP contribution in [0.15, 0.2) is 12.3 Å². The van der Waals surface area contributed by atoms with Crippen molar-refractivity contribution in [3.05, 3.63) is 23.5 Å². The molecular weight excluding hydrogens is 240 g/mol. The number of fused-ring (bicyclic) bond motifs is 1. The van der Waals surface area contributed by atoms with Gasteiger partial charge in [-0.3, -0.25) is 0 Å². The highest BCUT2D eigenvalue weighted by atomic mass is 32.2. The van der Waals surface area contributed by atoms with Gasteiger partial charge in [0.15, 0.2) is 0 Å². The summed E-state index contributed by atoms with van der Waals surface area (Å²) in [6, 6.07) is 3.28. The van der Waals surface area contributed by atoms with E-state index in [9.17, 15) is 0 Å². The summed E-state index contributed by atoms with van der Waals surface area (Å²) >= 11 is 2.05. The van der Waals surface area contributed by atoms with Gasteiger partial charge in [-0.15, -0.1) is 0 Å². The second kappa shape index (κ2) is 5.30. The Bertz CT molecular complexity index is 413. The van der Waals surface area contributed by atoms with Crippen LogP contribution >= 0.6 is 11.8 Å². The van der Waals surface area contributed by atoms with Crippen molar-refractivity contribution in [1.29, 1.82) is 0 Å². The number of nitrogens with two attached hydrogens (primary N) is 1. The molecule has 0 amide bonds. The van der Waals surface area contributed by atoms with E-state index in [1.807, 2.05) is 0 Å². The van der Waals surface area contributed by atoms with Gasteiger partial charge in [0.25, 0.3) is 0 Å². The molecule has 0 aliphatic heterocycles. The van der Waals surface area contributed by atoms with Gasteiger partial charge < -0.3 is 10.3 Å². The van der Waals surface area contributed by atoms with Crippen LogP contribution in [0.4, 0.5) is 0 Å². The molecule has 1 aromatic heterocycles. The molecule has 3 rings (SSSR count). The molecule has 0 bridgehead atoms. The maximum atomic E-state index is 6.24. The van der Waals surface area contributed by atoms with Gasteiger partial charge in [-0.1, -0.05) is 12.8 Å². The first-order valence-electron chi connectivity index (χ1n) is 7.29. The van der Waals surface area contributed by atoms with Gasteiger partial charge in [-0.25, -0.2) is 0 Å². The summed E-state index contributed by atoms with van der Waals surface area (Å²) in [5.74, 6) is 0. The lowest BCUT2D eigenvalue weighted by atomic mass is 9.91. The van der Waals surface area contributed by atoms with Gasteiger partial charge in [-0.2, -0.15) is 11.8 Å². The maximum absolute atomic E-state index is 6.24. The van der Waals surface area contributed by atoms with Gasteiger partial charge in [0.05, 0.1) is 0 Å². The average Bonchev–Trinajstić information content (AvgIpc) is 2.84. The SMILES string of the molecule is CSC1CCCCC1n1ccc2c1CCCC2N. The van der Waals surface area contributed by atoms with Crippen LogP contribution in [-0.2, 0) is 6.42 Å². The molecule has 18 heavy (non-hydrogen) atoms. The molecule has 1 heterocycles. The highest BCUT2D eigenvalue weighted by Gasteiger charge is 2.29. The van der Waals surface area contributed by atoms with Gasteiger partial charge in [-0.05, 0) is 50.0 Å². The summed E-state index contributed by atoms with van der Waals surface area (Å²) in [7, 11) is 0. The smallest absolute Gasteiger partial charge is 0.0452 e. The maximum Gasteiger partial charge on any atom is 0.0452 e. The second-order valence-electron chi connectivity index (χ2n) is 5.75. The quantitative estimate of drug-likeness (QED) is 0.883. The summed E-state index contributed by atoms with van der Waals surface area (Å²) in [6.07, 6.45) is 13.8. The third-order valence-electron chi connectivity index (χ3n) is 4.72. The van der Waals surface area contributed by atoms with Crippen molar-refractivity contribution in [3.63, 3.8) is 0 Å². The number of rotatable bonds is 2. The number of aromatic nitrogens is 1. The second-order valence-corrected chi connectivity index (χ2v) is 6.83. The lowest BCUT2D eigenvalue weighted by molar-refractivity contribution is 0.354. The Labute approximate surface area is 114 Å². The molecule has 2 nitrogen and oxygen atoms in total. The topological polar surface area (TPSA) is 30.9 Å².